The Morgan fingerprint density at radius 1 is 1.44 bits per heavy atom. The fourth-order valence-electron chi connectivity index (χ4n) is 1.67. The molecule has 1 rings (SSSR count). The van der Waals surface area contributed by atoms with E-state index in [0.29, 0.717) is 11.9 Å². The van der Waals surface area contributed by atoms with E-state index in [1.165, 1.54) is 6.42 Å². The standard InChI is InChI=1S/C14H25N3O/c1-5-12(2)17(3)10-9-15-11-13-7-6-8-14(16-13)18-4/h6-8,12,15H,5,9-11H2,1-4H3. The minimum Gasteiger partial charge on any atom is -0.481 e. The van der Waals surface area contributed by atoms with Crippen LogP contribution in [0.4, 0.5) is 0 Å². The molecule has 0 saturated carbocycles. The minimum atomic E-state index is 0.641. The molecule has 1 atom stereocenters. The normalized spacial score (nSPS) is 12.7. The van der Waals surface area contributed by atoms with Gasteiger partial charge in [-0.05, 0) is 26.5 Å². The van der Waals surface area contributed by atoms with E-state index < -0.39 is 0 Å². The summed E-state index contributed by atoms with van der Waals surface area (Å²) in [5, 5.41) is 3.40. The zero-order valence-corrected chi connectivity index (χ0v) is 11.9. The molecule has 0 bridgehead atoms. The number of aromatic nitrogens is 1. The molecule has 1 aromatic rings. The van der Waals surface area contributed by atoms with Gasteiger partial charge in [0.25, 0.3) is 0 Å². The molecule has 102 valence electrons. The fourth-order valence-corrected chi connectivity index (χ4v) is 1.67. The number of hydrogen-bond acceptors (Lipinski definition) is 4. The number of hydrogen-bond donors (Lipinski definition) is 1. The Bertz CT molecular complexity index is 344. The van der Waals surface area contributed by atoms with Crippen molar-refractivity contribution in [2.24, 2.45) is 0 Å². The van der Waals surface area contributed by atoms with E-state index in [-0.39, 0.29) is 0 Å². The second-order valence-corrected chi connectivity index (χ2v) is 4.59. The van der Waals surface area contributed by atoms with E-state index in [1.807, 2.05) is 18.2 Å². The summed E-state index contributed by atoms with van der Waals surface area (Å²) in [5.74, 6) is 0.672. The van der Waals surface area contributed by atoms with E-state index in [0.717, 1.165) is 25.3 Å². The van der Waals surface area contributed by atoms with Crippen LogP contribution in [0.1, 0.15) is 26.0 Å². The summed E-state index contributed by atoms with van der Waals surface area (Å²) in [5.41, 5.74) is 1.01. The Morgan fingerprint density at radius 3 is 2.89 bits per heavy atom. The smallest absolute Gasteiger partial charge is 0.213 e. The van der Waals surface area contributed by atoms with Crippen LogP contribution in [-0.2, 0) is 6.54 Å². The summed E-state index contributed by atoms with van der Waals surface area (Å²) in [6.45, 7) is 7.28. The number of pyridine rings is 1. The third-order valence-electron chi connectivity index (χ3n) is 3.28. The van der Waals surface area contributed by atoms with E-state index >= 15 is 0 Å². The van der Waals surface area contributed by atoms with Crippen LogP contribution in [0.2, 0.25) is 0 Å². The minimum absolute atomic E-state index is 0.641. The first-order valence-electron chi connectivity index (χ1n) is 6.58. The van der Waals surface area contributed by atoms with Crippen LogP contribution in [0.25, 0.3) is 0 Å². The molecule has 1 heterocycles. The lowest BCUT2D eigenvalue weighted by Crippen LogP contribution is -2.34. The van der Waals surface area contributed by atoms with Crippen molar-refractivity contribution >= 4 is 0 Å². The van der Waals surface area contributed by atoms with Gasteiger partial charge in [-0.3, -0.25) is 0 Å². The SMILES string of the molecule is CCC(C)N(C)CCNCc1cccc(OC)n1. The molecule has 4 heteroatoms. The van der Waals surface area contributed by atoms with Crippen molar-refractivity contribution in [3.8, 4) is 5.88 Å². The van der Waals surface area contributed by atoms with Gasteiger partial charge in [-0.1, -0.05) is 13.0 Å². The number of nitrogens with one attached hydrogen (secondary N) is 1. The lowest BCUT2D eigenvalue weighted by atomic mass is 10.2. The average Bonchev–Trinajstić information content (AvgIpc) is 2.42. The molecule has 1 aromatic heterocycles. The summed E-state index contributed by atoms with van der Waals surface area (Å²) in [6, 6.07) is 6.48. The second-order valence-electron chi connectivity index (χ2n) is 4.59. The van der Waals surface area contributed by atoms with Crippen LogP contribution in [0.15, 0.2) is 18.2 Å². The van der Waals surface area contributed by atoms with E-state index in [1.54, 1.807) is 7.11 Å². The molecule has 18 heavy (non-hydrogen) atoms. The van der Waals surface area contributed by atoms with Gasteiger partial charge in [0.2, 0.25) is 5.88 Å². The van der Waals surface area contributed by atoms with Crippen molar-refractivity contribution in [1.82, 2.24) is 15.2 Å². The number of ether oxygens (including phenoxy) is 1. The van der Waals surface area contributed by atoms with Crippen molar-refractivity contribution in [3.05, 3.63) is 23.9 Å². The molecular formula is C14H25N3O. The van der Waals surface area contributed by atoms with E-state index in [9.17, 15) is 0 Å². The van der Waals surface area contributed by atoms with Crippen LogP contribution in [-0.4, -0.2) is 43.2 Å². The van der Waals surface area contributed by atoms with Crippen LogP contribution < -0.4 is 10.1 Å². The van der Waals surface area contributed by atoms with Gasteiger partial charge in [0, 0.05) is 31.7 Å². The Morgan fingerprint density at radius 2 is 2.22 bits per heavy atom. The predicted molar refractivity (Wildman–Crippen MR) is 74.9 cm³/mol. The highest BCUT2D eigenvalue weighted by Crippen LogP contribution is 2.06. The van der Waals surface area contributed by atoms with Crippen molar-refractivity contribution in [2.75, 3.05) is 27.2 Å². The van der Waals surface area contributed by atoms with Crippen LogP contribution in [0.5, 0.6) is 5.88 Å². The number of methoxy groups -OCH3 is 1. The molecule has 0 saturated heterocycles. The molecule has 0 radical (unpaired) electrons. The molecule has 0 amide bonds. The van der Waals surface area contributed by atoms with Crippen LogP contribution in [0, 0.1) is 0 Å². The molecule has 0 aliphatic carbocycles. The highest BCUT2D eigenvalue weighted by Gasteiger charge is 2.05. The van der Waals surface area contributed by atoms with Crippen LogP contribution in [0.3, 0.4) is 0 Å². The largest absolute Gasteiger partial charge is 0.481 e. The van der Waals surface area contributed by atoms with Gasteiger partial charge in [0.15, 0.2) is 0 Å². The maximum absolute atomic E-state index is 5.10. The lowest BCUT2D eigenvalue weighted by molar-refractivity contribution is 0.251. The van der Waals surface area contributed by atoms with Crippen molar-refractivity contribution in [3.63, 3.8) is 0 Å². The summed E-state index contributed by atoms with van der Waals surface area (Å²) < 4.78 is 5.10. The second kappa shape index (κ2) is 8.06. The van der Waals surface area contributed by atoms with E-state index in [2.05, 4.69) is 36.1 Å². The zero-order chi connectivity index (χ0) is 13.4. The Hall–Kier alpha value is -1.13. The van der Waals surface area contributed by atoms with Gasteiger partial charge >= 0.3 is 0 Å². The van der Waals surface area contributed by atoms with Crippen molar-refractivity contribution < 1.29 is 4.74 Å². The Balaban J connectivity index is 2.25. The third kappa shape index (κ3) is 5.02. The topological polar surface area (TPSA) is 37.4 Å². The maximum atomic E-state index is 5.10. The fraction of sp³-hybridized carbons (Fsp3) is 0.643. The summed E-state index contributed by atoms with van der Waals surface area (Å²) in [6.07, 6.45) is 1.19. The molecular weight excluding hydrogens is 226 g/mol. The average molecular weight is 251 g/mol. The molecule has 1 unspecified atom stereocenters. The molecule has 0 aliphatic rings. The van der Waals surface area contributed by atoms with Crippen LogP contribution >= 0.6 is 0 Å². The molecule has 0 aliphatic heterocycles. The summed E-state index contributed by atoms with van der Waals surface area (Å²) >= 11 is 0. The van der Waals surface area contributed by atoms with Gasteiger partial charge in [-0.2, -0.15) is 0 Å². The predicted octanol–water partition coefficient (Wildman–Crippen LogP) is 1.91. The van der Waals surface area contributed by atoms with Gasteiger partial charge in [-0.15, -0.1) is 0 Å². The number of rotatable bonds is 8. The molecule has 1 N–H and O–H groups in total. The van der Waals surface area contributed by atoms with Gasteiger partial charge < -0.3 is 15.0 Å². The summed E-state index contributed by atoms with van der Waals surface area (Å²) in [7, 11) is 3.81. The molecule has 4 nitrogen and oxygen atoms in total. The third-order valence-corrected chi connectivity index (χ3v) is 3.28. The highest BCUT2D eigenvalue weighted by molar-refractivity contribution is 5.15. The number of likely N-dealkylation sites (N-methyl/N-ethyl adjacent to an activating group) is 1. The zero-order valence-electron chi connectivity index (χ0n) is 11.9. The molecule has 0 aromatic carbocycles. The van der Waals surface area contributed by atoms with Gasteiger partial charge in [0.05, 0.1) is 12.8 Å². The Labute approximate surface area is 110 Å². The molecule has 0 spiro atoms. The Kier molecular flexibility index (Phi) is 6.68. The van der Waals surface area contributed by atoms with Crippen molar-refractivity contribution in [2.45, 2.75) is 32.9 Å². The maximum Gasteiger partial charge on any atom is 0.213 e. The van der Waals surface area contributed by atoms with E-state index in [4.69, 9.17) is 4.74 Å². The number of nitrogens with zero attached hydrogens (tertiary/aromatic N) is 2. The molecule has 0 fully saturated rings. The quantitative estimate of drug-likeness (QED) is 0.716. The monoisotopic (exact) mass is 251 g/mol. The van der Waals surface area contributed by atoms with Gasteiger partial charge in [-0.25, -0.2) is 4.98 Å². The highest BCUT2D eigenvalue weighted by atomic mass is 16.5. The lowest BCUT2D eigenvalue weighted by Gasteiger charge is -2.23. The first kappa shape index (κ1) is 14.9. The first-order chi connectivity index (χ1) is 8.67. The van der Waals surface area contributed by atoms with Gasteiger partial charge in [0.1, 0.15) is 0 Å². The summed E-state index contributed by atoms with van der Waals surface area (Å²) in [4.78, 5) is 6.73. The first-order valence-corrected chi connectivity index (χ1v) is 6.58. The van der Waals surface area contributed by atoms with Crippen molar-refractivity contribution in [1.29, 1.82) is 0 Å².